The number of nitrogens with one attached hydrogen (secondary N) is 1. The summed E-state index contributed by atoms with van der Waals surface area (Å²) in [5.74, 6) is 0.599. The molecule has 0 saturated heterocycles. The summed E-state index contributed by atoms with van der Waals surface area (Å²) in [7, 11) is 0. The topological polar surface area (TPSA) is 24.4 Å². The van der Waals surface area contributed by atoms with Gasteiger partial charge < -0.3 is 5.32 Å². The van der Waals surface area contributed by atoms with E-state index in [-0.39, 0.29) is 5.02 Å². The summed E-state index contributed by atoms with van der Waals surface area (Å²) in [6.07, 6.45) is 1.08. The molecule has 15 heavy (non-hydrogen) atoms. The van der Waals surface area contributed by atoms with Gasteiger partial charge in [-0.3, -0.25) is 4.99 Å². The average Bonchev–Trinajstić information content (AvgIpc) is 2.26. The Morgan fingerprint density at radius 2 is 2.33 bits per heavy atom. The van der Waals surface area contributed by atoms with Crippen LogP contribution < -0.4 is 5.32 Å². The van der Waals surface area contributed by atoms with Gasteiger partial charge in [0.15, 0.2) is 11.0 Å². The molecule has 1 aromatic rings. The summed E-state index contributed by atoms with van der Waals surface area (Å²) in [4.78, 5) is 4.25. The molecule has 0 amide bonds. The first-order chi connectivity index (χ1) is 7.27. The summed E-state index contributed by atoms with van der Waals surface area (Å²) in [5.41, 5.74) is 0.385. The molecule has 0 spiro atoms. The Morgan fingerprint density at radius 3 is 3.07 bits per heavy atom. The number of aliphatic imine (C=N–C) groups is 1. The SMILES string of the molecule is Fc1c(Cl)cccc1NC1=NCCCS1. The molecule has 80 valence electrons. The molecule has 1 N–H and O–H groups in total. The second-order valence-corrected chi connectivity index (χ2v) is 4.61. The Hall–Kier alpha value is -0.740. The minimum absolute atomic E-state index is 0.126. The van der Waals surface area contributed by atoms with Gasteiger partial charge in [0.25, 0.3) is 0 Å². The van der Waals surface area contributed by atoms with Gasteiger partial charge in [0.2, 0.25) is 0 Å². The number of amidine groups is 1. The lowest BCUT2D eigenvalue weighted by Gasteiger charge is -2.13. The highest BCUT2D eigenvalue weighted by Gasteiger charge is 2.10. The smallest absolute Gasteiger partial charge is 0.165 e. The maximum atomic E-state index is 13.5. The van der Waals surface area contributed by atoms with Gasteiger partial charge in [-0.25, -0.2) is 4.39 Å². The molecule has 0 aromatic heterocycles. The molecule has 0 unspecified atom stereocenters. The van der Waals surface area contributed by atoms with E-state index in [1.165, 1.54) is 6.07 Å². The van der Waals surface area contributed by atoms with Gasteiger partial charge >= 0.3 is 0 Å². The van der Waals surface area contributed by atoms with Gasteiger partial charge in [-0.2, -0.15) is 0 Å². The van der Waals surface area contributed by atoms with E-state index in [1.807, 2.05) is 0 Å². The van der Waals surface area contributed by atoms with Crippen molar-refractivity contribution in [3.8, 4) is 0 Å². The summed E-state index contributed by atoms with van der Waals surface area (Å²) < 4.78 is 13.5. The predicted molar refractivity (Wildman–Crippen MR) is 64.4 cm³/mol. The van der Waals surface area contributed by atoms with Crippen molar-refractivity contribution in [2.45, 2.75) is 6.42 Å². The number of thioether (sulfide) groups is 1. The van der Waals surface area contributed by atoms with Gasteiger partial charge in [0.1, 0.15) is 0 Å². The van der Waals surface area contributed by atoms with Crippen molar-refractivity contribution in [3.05, 3.63) is 29.0 Å². The number of nitrogens with zero attached hydrogens (tertiary/aromatic N) is 1. The number of hydrogen-bond donors (Lipinski definition) is 1. The molecule has 2 nitrogen and oxygen atoms in total. The van der Waals surface area contributed by atoms with E-state index >= 15 is 0 Å². The zero-order chi connectivity index (χ0) is 10.7. The molecule has 1 aliphatic rings. The molecule has 0 fully saturated rings. The lowest BCUT2D eigenvalue weighted by molar-refractivity contribution is 0.632. The van der Waals surface area contributed by atoms with Crippen LogP contribution in [0, 0.1) is 5.82 Å². The van der Waals surface area contributed by atoms with Crippen LogP contribution in [0.15, 0.2) is 23.2 Å². The molecule has 0 bridgehead atoms. The predicted octanol–water partition coefficient (Wildman–Crippen LogP) is 3.38. The molecule has 2 rings (SSSR count). The summed E-state index contributed by atoms with van der Waals surface area (Å²) in [5, 5.41) is 3.84. The zero-order valence-corrected chi connectivity index (χ0v) is 9.54. The Labute approximate surface area is 96.9 Å². The molecular formula is C10H10ClFN2S. The van der Waals surface area contributed by atoms with Gasteiger partial charge in [0, 0.05) is 12.3 Å². The molecule has 0 radical (unpaired) electrons. The van der Waals surface area contributed by atoms with E-state index in [0.717, 1.165) is 23.9 Å². The van der Waals surface area contributed by atoms with E-state index in [4.69, 9.17) is 11.6 Å². The Balaban J connectivity index is 2.16. The standard InChI is InChI=1S/C10H10ClFN2S/c11-7-3-1-4-8(9(7)12)14-10-13-5-2-6-15-10/h1,3-4H,2,5-6H2,(H,13,14). The highest BCUT2D eigenvalue weighted by molar-refractivity contribution is 8.14. The quantitative estimate of drug-likeness (QED) is 0.819. The number of rotatable bonds is 1. The number of anilines is 1. The Kier molecular flexibility index (Phi) is 3.49. The summed E-state index contributed by atoms with van der Waals surface area (Å²) in [6, 6.07) is 4.89. The minimum atomic E-state index is -0.423. The van der Waals surface area contributed by atoms with E-state index in [9.17, 15) is 4.39 Å². The molecule has 1 aliphatic heterocycles. The normalized spacial score (nSPS) is 16.0. The van der Waals surface area contributed by atoms with Crippen molar-refractivity contribution in [3.63, 3.8) is 0 Å². The van der Waals surface area contributed by atoms with E-state index in [2.05, 4.69) is 10.3 Å². The van der Waals surface area contributed by atoms with Crippen molar-refractivity contribution >= 4 is 34.2 Å². The van der Waals surface area contributed by atoms with Crippen LogP contribution in [0.2, 0.25) is 5.02 Å². The lowest BCUT2D eigenvalue weighted by Crippen LogP contribution is -2.14. The summed E-state index contributed by atoms with van der Waals surface area (Å²) in [6.45, 7) is 0.803. The van der Waals surface area contributed by atoms with Gasteiger partial charge in [-0.1, -0.05) is 29.4 Å². The third-order valence-electron chi connectivity index (χ3n) is 1.99. The third-order valence-corrected chi connectivity index (χ3v) is 3.28. The number of hydrogen-bond acceptors (Lipinski definition) is 3. The van der Waals surface area contributed by atoms with Crippen molar-refractivity contribution in [1.82, 2.24) is 0 Å². The first-order valence-electron chi connectivity index (χ1n) is 4.65. The Morgan fingerprint density at radius 1 is 1.47 bits per heavy atom. The molecule has 0 saturated carbocycles. The third kappa shape index (κ3) is 2.63. The second kappa shape index (κ2) is 4.86. The van der Waals surface area contributed by atoms with Gasteiger partial charge in [0.05, 0.1) is 10.7 Å². The van der Waals surface area contributed by atoms with Crippen LogP contribution in [0.5, 0.6) is 0 Å². The van der Waals surface area contributed by atoms with Crippen LogP contribution in [0.1, 0.15) is 6.42 Å². The van der Waals surface area contributed by atoms with Crippen molar-refractivity contribution < 1.29 is 4.39 Å². The maximum Gasteiger partial charge on any atom is 0.165 e. The maximum absolute atomic E-state index is 13.5. The van der Waals surface area contributed by atoms with Crippen LogP contribution >= 0.6 is 23.4 Å². The highest BCUT2D eigenvalue weighted by Crippen LogP contribution is 2.24. The molecule has 0 aliphatic carbocycles. The van der Waals surface area contributed by atoms with Crippen LogP contribution in [-0.4, -0.2) is 17.5 Å². The Bertz CT molecular complexity index is 395. The minimum Gasteiger partial charge on any atom is -0.333 e. The van der Waals surface area contributed by atoms with Crippen LogP contribution in [-0.2, 0) is 0 Å². The summed E-state index contributed by atoms with van der Waals surface area (Å²) >= 11 is 7.27. The van der Waals surface area contributed by atoms with Gasteiger partial charge in [-0.05, 0) is 18.6 Å². The average molecular weight is 245 g/mol. The van der Waals surface area contributed by atoms with E-state index in [1.54, 1.807) is 23.9 Å². The zero-order valence-electron chi connectivity index (χ0n) is 7.96. The molecule has 1 aromatic carbocycles. The molecule has 5 heteroatoms. The van der Waals surface area contributed by atoms with E-state index < -0.39 is 5.82 Å². The number of halogens is 2. The van der Waals surface area contributed by atoms with E-state index in [0.29, 0.717) is 5.69 Å². The first kappa shape index (κ1) is 10.8. The van der Waals surface area contributed by atoms with Crippen molar-refractivity contribution in [2.24, 2.45) is 4.99 Å². The first-order valence-corrected chi connectivity index (χ1v) is 6.02. The van der Waals surface area contributed by atoms with Crippen molar-refractivity contribution in [1.29, 1.82) is 0 Å². The van der Waals surface area contributed by atoms with Crippen LogP contribution in [0.25, 0.3) is 0 Å². The number of benzene rings is 1. The monoisotopic (exact) mass is 244 g/mol. The lowest BCUT2D eigenvalue weighted by atomic mass is 10.3. The fourth-order valence-electron chi connectivity index (χ4n) is 1.25. The van der Waals surface area contributed by atoms with Crippen LogP contribution in [0.3, 0.4) is 0 Å². The highest BCUT2D eigenvalue weighted by atomic mass is 35.5. The fourth-order valence-corrected chi connectivity index (χ4v) is 2.26. The fraction of sp³-hybridized carbons (Fsp3) is 0.300. The molecule has 0 atom stereocenters. The second-order valence-electron chi connectivity index (χ2n) is 3.12. The van der Waals surface area contributed by atoms with Crippen LogP contribution in [0.4, 0.5) is 10.1 Å². The molecular weight excluding hydrogens is 235 g/mol. The van der Waals surface area contributed by atoms with Gasteiger partial charge in [-0.15, -0.1) is 0 Å². The molecule has 1 heterocycles. The van der Waals surface area contributed by atoms with Crippen molar-refractivity contribution in [2.75, 3.05) is 17.6 Å². The largest absolute Gasteiger partial charge is 0.333 e.